The van der Waals surface area contributed by atoms with E-state index in [2.05, 4.69) is 50.0 Å². The predicted octanol–water partition coefficient (Wildman–Crippen LogP) is 3.64. The molecule has 4 nitrogen and oxygen atoms in total. The summed E-state index contributed by atoms with van der Waals surface area (Å²) in [6.45, 7) is 12.1. The number of rotatable bonds is 4. The Kier molecular flexibility index (Phi) is 5.05. The van der Waals surface area contributed by atoms with Crippen molar-refractivity contribution in [3.8, 4) is 5.75 Å². The van der Waals surface area contributed by atoms with E-state index in [0.29, 0.717) is 0 Å². The molecule has 1 saturated carbocycles. The average molecular weight is 387 g/mol. The zero-order chi connectivity index (χ0) is 20.2. The van der Waals surface area contributed by atoms with Gasteiger partial charge in [0.2, 0.25) is 0 Å². The van der Waals surface area contributed by atoms with Gasteiger partial charge in [0.15, 0.2) is 0 Å². The normalized spacial score (nSPS) is 35.9. The smallest absolute Gasteiger partial charge is 0.119 e. The minimum Gasteiger partial charge on any atom is -0.497 e. The lowest BCUT2D eigenvalue weighted by molar-refractivity contribution is -0.144. The highest BCUT2D eigenvalue weighted by atomic mass is 16.5. The SMILES string of the molecule is COc1ccc(C)c(C23CCNC(C)(C)CC2(O)C(C)N(CC2CC2)CC3)c1. The molecule has 4 rings (SSSR count). The summed E-state index contributed by atoms with van der Waals surface area (Å²) >= 11 is 0. The Morgan fingerprint density at radius 1 is 1.25 bits per heavy atom. The number of nitrogens with zero attached hydrogens (tertiary/aromatic N) is 1. The van der Waals surface area contributed by atoms with Crippen LogP contribution in [0.4, 0.5) is 0 Å². The summed E-state index contributed by atoms with van der Waals surface area (Å²) in [5.74, 6) is 1.73. The van der Waals surface area contributed by atoms with E-state index in [-0.39, 0.29) is 17.0 Å². The van der Waals surface area contributed by atoms with Gasteiger partial charge in [-0.2, -0.15) is 0 Å². The van der Waals surface area contributed by atoms with Crippen LogP contribution in [0.3, 0.4) is 0 Å². The molecule has 3 atom stereocenters. The fourth-order valence-corrected chi connectivity index (χ4v) is 6.08. The lowest BCUT2D eigenvalue weighted by Gasteiger charge is -2.58. The van der Waals surface area contributed by atoms with Crippen LogP contribution in [-0.4, -0.2) is 53.9 Å². The topological polar surface area (TPSA) is 44.7 Å². The molecule has 0 spiro atoms. The number of ether oxygens (including phenoxy) is 1. The first-order valence-electron chi connectivity index (χ1n) is 11.1. The number of aliphatic hydroxyl groups is 1. The quantitative estimate of drug-likeness (QED) is 0.829. The van der Waals surface area contributed by atoms with E-state index < -0.39 is 5.60 Å². The van der Waals surface area contributed by atoms with Crippen LogP contribution in [0.5, 0.6) is 5.75 Å². The number of piperidine rings is 1. The van der Waals surface area contributed by atoms with Crippen LogP contribution in [0.1, 0.15) is 64.0 Å². The van der Waals surface area contributed by atoms with Crippen LogP contribution >= 0.6 is 0 Å². The van der Waals surface area contributed by atoms with Crippen LogP contribution in [0.25, 0.3) is 0 Å². The fourth-order valence-electron chi connectivity index (χ4n) is 6.08. The van der Waals surface area contributed by atoms with Crippen molar-refractivity contribution in [1.29, 1.82) is 0 Å². The molecular weight excluding hydrogens is 348 g/mol. The van der Waals surface area contributed by atoms with E-state index in [1.54, 1.807) is 7.11 Å². The molecule has 0 amide bonds. The molecule has 2 aliphatic heterocycles. The van der Waals surface area contributed by atoms with E-state index in [0.717, 1.165) is 50.6 Å². The van der Waals surface area contributed by atoms with Gasteiger partial charge in [-0.15, -0.1) is 0 Å². The highest BCUT2D eigenvalue weighted by molar-refractivity contribution is 5.44. The predicted molar refractivity (Wildman–Crippen MR) is 114 cm³/mol. The minimum absolute atomic E-state index is 0.0832. The third kappa shape index (κ3) is 3.28. The molecule has 0 radical (unpaired) electrons. The van der Waals surface area contributed by atoms with Crippen molar-refractivity contribution in [3.63, 3.8) is 0 Å². The lowest BCUT2D eigenvalue weighted by atomic mass is 9.55. The Labute approximate surface area is 170 Å². The van der Waals surface area contributed by atoms with Crippen LogP contribution in [0.2, 0.25) is 0 Å². The van der Waals surface area contributed by atoms with Gasteiger partial charge < -0.3 is 15.2 Å². The summed E-state index contributed by atoms with van der Waals surface area (Å²) in [5, 5.41) is 16.3. The van der Waals surface area contributed by atoms with Gasteiger partial charge in [0.05, 0.1) is 12.7 Å². The van der Waals surface area contributed by atoms with Gasteiger partial charge in [0.25, 0.3) is 0 Å². The standard InChI is InChI=1S/C24H38N2O2/c1-17-6-9-20(28-5)14-21(17)23-10-12-25-22(3,4)16-24(23,27)18(2)26(13-11-23)15-19-7-8-19/h6,9,14,18-19,25,27H,7-8,10-13,15-16H2,1-5H3. The first-order valence-corrected chi connectivity index (χ1v) is 11.1. The second-order valence-corrected chi connectivity index (χ2v) is 10.3. The second-order valence-electron chi connectivity index (χ2n) is 10.3. The Bertz CT molecular complexity index is 729. The maximum Gasteiger partial charge on any atom is 0.119 e. The minimum atomic E-state index is -0.774. The van der Waals surface area contributed by atoms with E-state index in [1.165, 1.54) is 24.0 Å². The third-order valence-electron chi connectivity index (χ3n) is 7.91. The van der Waals surface area contributed by atoms with E-state index >= 15 is 0 Å². The number of nitrogens with one attached hydrogen (secondary N) is 1. The Morgan fingerprint density at radius 3 is 2.68 bits per heavy atom. The fraction of sp³-hybridized carbons (Fsp3) is 0.750. The summed E-state index contributed by atoms with van der Waals surface area (Å²) in [4.78, 5) is 2.58. The monoisotopic (exact) mass is 386 g/mol. The van der Waals surface area contributed by atoms with Crippen LogP contribution in [0.15, 0.2) is 18.2 Å². The molecule has 2 saturated heterocycles. The van der Waals surface area contributed by atoms with E-state index in [1.807, 2.05) is 6.07 Å². The summed E-state index contributed by atoms with van der Waals surface area (Å²) in [5.41, 5.74) is 1.45. The molecule has 0 bridgehead atoms. The Morgan fingerprint density at radius 2 is 2.00 bits per heavy atom. The number of methoxy groups -OCH3 is 1. The molecular formula is C24H38N2O2. The molecule has 156 valence electrons. The summed E-state index contributed by atoms with van der Waals surface area (Å²) < 4.78 is 5.58. The van der Waals surface area contributed by atoms with Gasteiger partial charge in [-0.05, 0) is 102 Å². The van der Waals surface area contributed by atoms with Crippen molar-refractivity contribution < 1.29 is 9.84 Å². The first kappa shape index (κ1) is 20.2. The number of likely N-dealkylation sites (tertiary alicyclic amines) is 1. The number of benzene rings is 1. The van der Waals surface area contributed by atoms with Crippen LogP contribution in [-0.2, 0) is 5.41 Å². The number of aryl methyl sites for hydroxylation is 1. The molecule has 3 aliphatic rings. The number of hydrogen-bond donors (Lipinski definition) is 2. The van der Waals surface area contributed by atoms with Crippen molar-refractivity contribution in [3.05, 3.63) is 29.3 Å². The lowest BCUT2D eigenvalue weighted by Crippen LogP contribution is -2.69. The van der Waals surface area contributed by atoms with Crippen molar-refractivity contribution in [2.24, 2.45) is 5.92 Å². The molecule has 2 N–H and O–H groups in total. The molecule has 1 aromatic rings. The van der Waals surface area contributed by atoms with E-state index in [4.69, 9.17) is 4.74 Å². The summed E-state index contributed by atoms with van der Waals surface area (Å²) in [6, 6.07) is 6.54. The Hall–Kier alpha value is -1.10. The zero-order valence-electron chi connectivity index (χ0n) is 18.3. The molecule has 1 aliphatic carbocycles. The van der Waals surface area contributed by atoms with Gasteiger partial charge in [-0.25, -0.2) is 0 Å². The second kappa shape index (κ2) is 7.00. The number of hydrogen-bond acceptors (Lipinski definition) is 4. The van der Waals surface area contributed by atoms with Gasteiger partial charge in [0.1, 0.15) is 5.75 Å². The zero-order valence-corrected chi connectivity index (χ0v) is 18.3. The molecule has 1 aromatic carbocycles. The van der Waals surface area contributed by atoms with Crippen molar-refractivity contribution in [1.82, 2.24) is 10.2 Å². The molecule has 28 heavy (non-hydrogen) atoms. The maximum atomic E-state index is 12.5. The molecule has 3 fully saturated rings. The largest absolute Gasteiger partial charge is 0.497 e. The summed E-state index contributed by atoms with van der Waals surface area (Å²) in [6.07, 6.45) is 5.44. The molecule has 4 heteroatoms. The first-order chi connectivity index (χ1) is 13.2. The highest BCUT2D eigenvalue weighted by Crippen LogP contribution is 2.54. The molecule has 0 aromatic heterocycles. The average Bonchev–Trinajstić information content (AvgIpc) is 3.46. The maximum absolute atomic E-state index is 12.5. The molecule has 2 heterocycles. The van der Waals surface area contributed by atoms with Crippen LogP contribution < -0.4 is 10.1 Å². The summed E-state index contributed by atoms with van der Waals surface area (Å²) in [7, 11) is 1.73. The molecule has 3 unspecified atom stereocenters. The Balaban J connectivity index is 1.82. The van der Waals surface area contributed by atoms with Gasteiger partial charge in [-0.1, -0.05) is 6.07 Å². The number of fused-ring (bicyclic) bond motifs is 1. The van der Waals surface area contributed by atoms with Crippen molar-refractivity contribution >= 4 is 0 Å². The third-order valence-corrected chi connectivity index (χ3v) is 7.91. The van der Waals surface area contributed by atoms with Crippen LogP contribution in [0, 0.1) is 12.8 Å². The van der Waals surface area contributed by atoms with E-state index in [9.17, 15) is 5.11 Å². The van der Waals surface area contributed by atoms with Crippen molar-refractivity contribution in [2.75, 3.05) is 26.7 Å². The van der Waals surface area contributed by atoms with Gasteiger partial charge >= 0.3 is 0 Å². The highest BCUT2D eigenvalue weighted by Gasteiger charge is 2.61. The van der Waals surface area contributed by atoms with Gasteiger partial charge in [-0.3, -0.25) is 4.90 Å². The van der Waals surface area contributed by atoms with Crippen molar-refractivity contribution in [2.45, 2.75) is 82.4 Å². The van der Waals surface area contributed by atoms with Gasteiger partial charge in [0, 0.05) is 23.5 Å².